The molecule has 1 aliphatic rings. The molecule has 1 atom stereocenters. The van der Waals surface area contributed by atoms with Gasteiger partial charge in [0.2, 0.25) is 0 Å². The Balaban J connectivity index is 1.98. The zero-order chi connectivity index (χ0) is 15.1. The highest BCUT2D eigenvalue weighted by molar-refractivity contribution is 5.57. The molecule has 0 aliphatic carbocycles. The van der Waals surface area contributed by atoms with Crippen LogP contribution in [-0.4, -0.2) is 36.3 Å². The minimum absolute atomic E-state index is 0.697. The summed E-state index contributed by atoms with van der Waals surface area (Å²) in [6, 6.07) is 0. The zero-order valence-electron chi connectivity index (χ0n) is 13.5. The molecule has 0 aromatic carbocycles. The van der Waals surface area contributed by atoms with Gasteiger partial charge in [0, 0.05) is 38.3 Å². The summed E-state index contributed by atoms with van der Waals surface area (Å²) in [5.74, 6) is 3.53. The third-order valence-corrected chi connectivity index (χ3v) is 3.92. The number of aromatic nitrogens is 2. The van der Waals surface area contributed by atoms with Gasteiger partial charge in [-0.15, -0.1) is 0 Å². The molecular weight excluding hydrogens is 264 g/mol. The first-order valence-electron chi connectivity index (χ1n) is 8.17. The van der Waals surface area contributed by atoms with E-state index in [1.807, 2.05) is 0 Å². The maximum atomic E-state index is 5.42. The van der Waals surface area contributed by atoms with Crippen LogP contribution in [0.1, 0.15) is 44.5 Å². The molecule has 5 nitrogen and oxygen atoms in total. The largest absolute Gasteiger partial charge is 0.381 e. The van der Waals surface area contributed by atoms with Crippen molar-refractivity contribution in [1.29, 1.82) is 0 Å². The van der Waals surface area contributed by atoms with Gasteiger partial charge in [-0.1, -0.05) is 13.8 Å². The molecule has 1 aliphatic heterocycles. The normalized spacial score (nSPS) is 18.0. The van der Waals surface area contributed by atoms with Crippen LogP contribution in [0.15, 0.2) is 0 Å². The summed E-state index contributed by atoms with van der Waals surface area (Å²) < 4.78 is 5.42. The maximum absolute atomic E-state index is 5.42. The summed E-state index contributed by atoms with van der Waals surface area (Å²) in [4.78, 5) is 9.22. The molecule has 0 spiro atoms. The third kappa shape index (κ3) is 4.56. The Bertz CT molecular complexity index is 444. The summed E-state index contributed by atoms with van der Waals surface area (Å²) in [6.07, 6.45) is 4.28. The molecular formula is C16H28N4O. The monoisotopic (exact) mass is 292 g/mol. The Labute approximate surface area is 127 Å². The number of nitrogens with zero attached hydrogens (tertiary/aromatic N) is 2. The molecule has 1 aromatic rings. The number of nitrogens with one attached hydrogen (secondary N) is 2. The van der Waals surface area contributed by atoms with Crippen LogP contribution in [0.25, 0.3) is 0 Å². The van der Waals surface area contributed by atoms with E-state index in [-0.39, 0.29) is 0 Å². The highest BCUT2D eigenvalue weighted by atomic mass is 16.5. The number of anilines is 2. The van der Waals surface area contributed by atoms with E-state index in [1.54, 1.807) is 0 Å². The Morgan fingerprint density at radius 2 is 1.86 bits per heavy atom. The van der Waals surface area contributed by atoms with Crippen molar-refractivity contribution in [3.8, 4) is 0 Å². The number of hydrogen-bond donors (Lipinski definition) is 2. The van der Waals surface area contributed by atoms with Crippen LogP contribution in [-0.2, 0) is 11.2 Å². The van der Waals surface area contributed by atoms with Gasteiger partial charge >= 0.3 is 0 Å². The van der Waals surface area contributed by atoms with E-state index in [1.165, 1.54) is 6.42 Å². The van der Waals surface area contributed by atoms with Crippen molar-refractivity contribution in [2.75, 3.05) is 36.9 Å². The van der Waals surface area contributed by atoms with E-state index in [9.17, 15) is 0 Å². The summed E-state index contributed by atoms with van der Waals surface area (Å²) in [7, 11) is 0. The van der Waals surface area contributed by atoms with E-state index >= 15 is 0 Å². The molecule has 118 valence electrons. The Morgan fingerprint density at radius 1 is 1.14 bits per heavy atom. The molecule has 0 saturated carbocycles. The van der Waals surface area contributed by atoms with Crippen molar-refractivity contribution in [2.45, 2.75) is 46.5 Å². The zero-order valence-corrected chi connectivity index (χ0v) is 13.5. The summed E-state index contributed by atoms with van der Waals surface area (Å²) in [5.41, 5.74) is 1.11. The van der Waals surface area contributed by atoms with Crippen molar-refractivity contribution >= 4 is 11.6 Å². The average molecular weight is 292 g/mol. The lowest BCUT2D eigenvalue weighted by Crippen LogP contribution is -2.14. The average Bonchev–Trinajstić information content (AvgIpc) is 3.01. The number of hydrogen-bond acceptors (Lipinski definition) is 5. The van der Waals surface area contributed by atoms with E-state index in [2.05, 4.69) is 41.4 Å². The molecule has 2 heterocycles. The molecule has 2 rings (SSSR count). The summed E-state index contributed by atoms with van der Waals surface area (Å²) in [5, 5.41) is 6.88. The summed E-state index contributed by atoms with van der Waals surface area (Å²) >= 11 is 0. The first-order chi connectivity index (χ1) is 10.2. The smallest absolute Gasteiger partial charge is 0.134 e. The first-order valence-corrected chi connectivity index (χ1v) is 8.17. The van der Waals surface area contributed by atoms with Crippen LogP contribution in [0.4, 0.5) is 11.6 Å². The van der Waals surface area contributed by atoms with Gasteiger partial charge in [-0.2, -0.15) is 0 Å². The highest BCUT2D eigenvalue weighted by Crippen LogP contribution is 2.21. The van der Waals surface area contributed by atoms with Crippen LogP contribution in [0.2, 0.25) is 0 Å². The fourth-order valence-electron chi connectivity index (χ4n) is 2.51. The molecule has 1 fully saturated rings. The van der Waals surface area contributed by atoms with Crippen molar-refractivity contribution in [2.24, 2.45) is 5.92 Å². The molecule has 1 unspecified atom stereocenters. The quantitative estimate of drug-likeness (QED) is 0.771. The Hall–Kier alpha value is -1.36. The molecule has 0 amide bonds. The van der Waals surface area contributed by atoms with Gasteiger partial charge in [-0.3, -0.25) is 0 Å². The predicted octanol–water partition coefficient (Wildman–Crippen LogP) is 3.01. The fraction of sp³-hybridized carbons (Fsp3) is 0.750. The van der Waals surface area contributed by atoms with Gasteiger partial charge in [0.1, 0.15) is 17.5 Å². The van der Waals surface area contributed by atoms with Gasteiger partial charge in [-0.05, 0) is 32.1 Å². The predicted molar refractivity (Wildman–Crippen MR) is 87.0 cm³/mol. The lowest BCUT2D eigenvalue weighted by molar-refractivity contribution is 0.185. The Morgan fingerprint density at radius 3 is 2.43 bits per heavy atom. The van der Waals surface area contributed by atoms with E-state index in [0.717, 1.165) is 68.6 Å². The van der Waals surface area contributed by atoms with Gasteiger partial charge in [-0.25, -0.2) is 9.97 Å². The van der Waals surface area contributed by atoms with Crippen molar-refractivity contribution in [3.05, 3.63) is 11.4 Å². The topological polar surface area (TPSA) is 59.1 Å². The first kappa shape index (κ1) is 16.0. The number of rotatable bonds is 8. The van der Waals surface area contributed by atoms with E-state index in [4.69, 9.17) is 4.74 Å². The van der Waals surface area contributed by atoms with E-state index in [0.29, 0.717) is 5.92 Å². The van der Waals surface area contributed by atoms with Crippen molar-refractivity contribution in [1.82, 2.24) is 9.97 Å². The SMILES string of the molecule is CCCNc1nc(CC)nc(NCCC2CCOC2)c1C. The second kappa shape index (κ2) is 8.17. The van der Waals surface area contributed by atoms with Crippen molar-refractivity contribution < 1.29 is 4.74 Å². The van der Waals surface area contributed by atoms with Gasteiger partial charge in [0.15, 0.2) is 0 Å². The second-order valence-corrected chi connectivity index (χ2v) is 5.69. The standard InChI is InChI=1S/C16H28N4O/c1-4-8-17-15-12(3)16(20-14(5-2)19-15)18-9-6-13-7-10-21-11-13/h13H,4-11H2,1-3H3,(H2,17,18,19,20). The van der Waals surface area contributed by atoms with Gasteiger partial charge < -0.3 is 15.4 Å². The molecule has 2 N–H and O–H groups in total. The second-order valence-electron chi connectivity index (χ2n) is 5.69. The van der Waals surface area contributed by atoms with Crippen LogP contribution in [0.3, 0.4) is 0 Å². The molecule has 21 heavy (non-hydrogen) atoms. The highest BCUT2D eigenvalue weighted by Gasteiger charge is 2.15. The van der Waals surface area contributed by atoms with Crippen LogP contribution >= 0.6 is 0 Å². The Kier molecular flexibility index (Phi) is 6.23. The summed E-state index contributed by atoms with van der Waals surface area (Å²) in [6.45, 7) is 10.1. The van der Waals surface area contributed by atoms with Gasteiger partial charge in [0.25, 0.3) is 0 Å². The third-order valence-electron chi connectivity index (χ3n) is 3.92. The van der Waals surface area contributed by atoms with Gasteiger partial charge in [0.05, 0.1) is 0 Å². The van der Waals surface area contributed by atoms with Crippen LogP contribution < -0.4 is 10.6 Å². The molecule has 0 radical (unpaired) electrons. The molecule has 5 heteroatoms. The number of ether oxygens (including phenoxy) is 1. The molecule has 0 bridgehead atoms. The van der Waals surface area contributed by atoms with Crippen molar-refractivity contribution in [3.63, 3.8) is 0 Å². The van der Waals surface area contributed by atoms with Crippen LogP contribution in [0.5, 0.6) is 0 Å². The van der Waals surface area contributed by atoms with E-state index < -0.39 is 0 Å². The fourth-order valence-corrected chi connectivity index (χ4v) is 2.51. The lowest BCUT2D eigenvalue weighted by atomic mass is 10.1. The minimum Gasteiger partial charge on any atom is -0.381 e. The lowest BCUT2D eigenvalue weighted by Gasteiger charge is -2.15. The maximum Gasteiger partial charge on any atom is 0.134 e. The number of aryl methyl sites for hydroxylation is 1. The van der Waals surface area contributed by atoms with Crippen LogP contribution in [0, 0.1) is 12.8 Å². The molecule has 1 saturated heterocycles. The molecule has 1 aromatic heterocycles. The minimum atomic E-state index is 0.697.